The highest BCUT2D eigenvalue weighted by atomic mass is 16.5. The van der Waals surface area contributed by atoms with Crippen LogP contribution in [0.5, 0.6) is 5.75 Å². The number of benzene rings is 1. The van der Waals surface area contributed by atoms with Gasteiger partial charge < -0.3 is 9.64 Å². The average Bonchev–Trinajstić information content (AvgIpc) is 3.09. The van der Waals surface area contributed by atoms with E-state index in [-0.39, 0.29) is 0 Å². The van der Waals surface area contributed by atoms with Crippen LogP contribution in [-0.4, -0.2) is 48.6 Å². The second-order valence-electron chi connectivity index (χ2n) is 7.00. The number of likely N-dealkylation sites (N-methyl/N-ethyl adjacent to an activating group) is 1. The van der Waals surface area contributed by atoms with E-state index < -0.39 is 0 Å². The molecule has 0 N–H and O–H groups in total. The summed E-state index contributed by atoms with van der Waals surface area (Å²) in [5.41, 5.74) is 4.00. The Morgan fingerprint density at radius 2 is 2.04 bits per heavy atom. The molecule has 2 saturated heterocycles. The number of unbranched alkanes of at least 4 members (excludes halogenated alkanes) is 1. The molecule has 2 aliphatic rings. The molecular weight excluding hydrogens is 286 g/mol. The van der Waals surface area contributed by atoms with E-state index >= 15 is 0 Å². The summed E-state index contributed by atoms with van der Waals surface area (Å²) < 4.78 is 5.84. The van der Waals surface area contributed by atoms with Crippen LogP contribution in [0.3, 0.4) is 0 Å². The molecule has 2 unspecified atom stereocenters. The highest BCUT2D eigenvalue weighted by Gasteiger charge is 2.41. The van der Waals surface area contributed by atoms with Crippen molar-refractivity contribution in [2.45, 2.75) is 51.7 Å². The van der Waals surface area contributed by atoms with Crippen molar-refractivity contribution in [2.75, 3.05) is 26.7 Å². The topological polar surface area (TPSA) is 39.5 Å². The van der Waals surface area contributed by atoms with Crippen molar-refractivity contribution >= 4 is 0 Å². The lowest BCUT2D eigenvalue weighted by Gasteiger charge is -2.32. The van der Waals surface area contributed by atoms with E-state index in [2.05, 4.69) is 48.9 Å². The van der Waals surface area contributed by atoms with Gasteiger partial charge in [0.1, 0.15) is 5.75 Å². The van der Waals surface area contributed by atoms with Gasteiger partial charge in [-0.3, -0.25) is 4.90 Å². The number of fused-ring (bicyclic) bond motifs is 2. The molecule has 0 saturated carbocycles. The molecule has 124 valence electrons. The van der Waals surface area contributed by atoms with Gasteiger partial charge in [0.25, 0.3) is 0 Å². The largest absolute Gasteiger partial charge is 0.493 e. The SMILES string of the molecule is Cc1c(CN2CC3CC2CN3C)ccc(OCCCC#N)c1C. The lowest BCUT2D eigenvalue weighted by atomic mass is 10.0. The molecule has 0 aliphatic carbocycles. The maximum Gasteiger partial charge on any atom is 0.122 e. The summed E-state index contributed by atoms with van der Waals surface area (Å²) >= 11 is 0. The summed E-state index contributed by atoms with van der Waals surface area (Å²) in [6.45, 7) is 8.43. The molecule has 1 aromatic carbocycles. The van der Waals surface area contributed by atoms with Crippen LogP contribution in [0.15, 0.2) is 12.1 Å². The van der Waals surface area contributed by atoms with E-state index in [1.165, 1.54) is 36.2 Å². The van der Waals surface area contributed by atoms with Gasteiger partial charge >= 0.3 is 0 Å². The molecule has 0 amide bonds. The van der Waals surface area contributed by atoms with Crippen LogP contribution in [0.25, 0.3) is 0 Å². The lowest BCUT2D eigenvalue weighted by Crippen LogP contribution is -2.44. The van der Waals surface area contributed by atoms with E-state index in [4.69, 9.17) is 10.00 Å². The number of hydrogen-bond donors (Lipinski definition) is 0. The van der Waals surface area contributed by atoms with Crippen LogP contribution in [0.4, 0.5) is 0 Å². The second-order valence-corrected chi connectivity index (χ2v) is 7.00. The molecular formula is C19H27N3O. The third-order valence-electron chi connectivity index (χ3n) is 5.54. The van der Waals surface area contributed by atoms with Gasteiger partial charge in [0.2, 0.25) is 0 Å². The van der Waals surface area contributed by atoms with Crippen LogP contribution >= 0.6 is 0 Å². The zero-order valence-corrected chi connectivity index (χ0v) is 14.5. The van der Waals surface area contributed by atoms with E-state index in [0.29, 0.717) is 13.0 Å². The maximum absolute atomic E-state index is 8.58. The molecule has 0 spiro atoms. The van der Waals surface area contributed by atoms with Crippen molar-refractivity contribution in [3.05, 3.63) is 28.8 Å². The predicted octanol–water partition coefficient (Wildman–Crippen LogP) is 2.87. The molecule has 1 aromatic rings. The van der Waals surface area contributed by atoms with Gasteiger partial charge in [-0.25, -0.2) is 0 Å². The van der Waals surface area contributed by atoms with Crippen LogP contribution in [-0.2, 0) is 6.54 Å². The standard InChI is InChI=1S/C19H27N3O/c1-14-15(2)19(23-9-5-4-8-20)7-6-16(14)11-22-13-17-10-18(22)12-21(17)3/h6-7,17-18H,4-5,9-13H2,1-3H3. The van der Waals surface area contributed by atoms with Gasteiger partial charge in [0.15, 0.2) is 0 Å². The first-order valence-electron chi connectivity index (χ1n) is 8.63. The van der Waals surface area contributed by atoms with Crippen molar-refractivity contribution < 1.29 is 4.74 Å². The van der Waals surface area contributed by atoms with Gasteiger partial charge in [-0.05, 0) is 56.5 Å². The van der Waals surface area contributed by atoms with E-state index in [9.17, 15) is 0 Å². The molecule has 2 atom stereocenters. The highest BCUT2D eigenvalue weighted by molar-refractivity contribution is 5.43. The first-order valence-corrected chi connectivity index (χ1v) is 8.63. The Kier molecular flexibility index (Phi) is 4.89. The zero-order valence-electron chi connectivity index (χ0n) is 14.5. The molecule has 0 aromatic heterocycles. The first-order chi connectivity index (χ1) is 11.1. The molecule has 0 radical (unpaired) electrons. The Labute approximate surface area is 139 Å². The van der Waals surface area contributed by atoms with Crippen molar-refractivity contribution in [1.29, 1.82) is 5.26 Å². The van der Waals surface area contributed by atoms with Crippen LogP contribution in [0.1, 0.15) is 36.0 Å². The molecule has 23 heavy (non-hydrogen) atoms. The number of rotatable bonds is 6. The van der Waals surface area contributed by atoms with Gasteiger partial charge in [-0.2, -0.15) is 5.26 Å². The molecule has 2 fully saturated rings. The van der Waals surface area contributed by atoms with Gasteiger partial charge in [-0.15, -0.1) is 0 Å². The third-order valence-corrected chi connectivity index (χ3v) is 5.54. The Morgan fingerprint density at radius 3 is 2.70 bits per heavy atom. The Bertz CT molecular complexity index is 605. The van der Waals surface area contributed by atoms with Crippen LogP contribution < -0.4 is 4.74 Å². The fourth-order valence-corrected chi connectivity index (χ4v) is 3.87. The quantitative estimate of drug-likeness (QED) is 0.757. The summed E-state index contributed by atoms with van der Waals surface area (Å²) in [5, 5.41) is 8.58. The number of ether oxygens (including phenoxy) is 1. The van der Waals surface area contributed by atoms with Crippen molar-refractivity contribution in [3.8, 4) is 11.8 Å². The molecule has 2 heterocycles. The summed E-state index contributed by atoms with van der Waals surface area (Å²) in [7, 11) is 2.25. The zero-order chi connectivity index (χ0) is 16.4. The van der Waals surface area contributed by atoms with Gasteiger partial charge in [-0.1, -0.05) is 6.07 Å². The summed E-state index contributed by atoms with van der Waals surface area (Å²) in [4.78, 5) is 5.14. The molecule has 2 aliphatic heterocycles. The molecule has 3 rings (SSSR count). The normalized spacial score (nSPS) is 24.1. The number of nitrogens with zero attached hydrogens (tertiary/aromatic N) is 3. The smallest absolute Gasteiger partial charge is 0.122 e. The second kappa shape index (κ2) is 6.90. The molecule has 4 nitrogen and oxygen atoms in total. The Morgan fingerprint density at radius 1 is 1.22 bits per heavy atom. The number of likely N-dealkylation sites (tertiary alicyclic amines) is 2. The fourth-order valence-electron chi connectivity index (χ4n) is 3.87. The third kappa shape index (κ3) is 3.36. The Balaban J connectivity index is 1.63. The number of hydrogen-bond acceptors (Lipinski definition) is 4. The number of piperazine rings is 1. The average molecular weight is 313 g/mol. The lowest BCUT2D eigenvalue weighted by molar-refractivity contribution is 0.143. The van der Waals surface area contributed by atoms with E-state index in [1.54, 1.807) is 0 Å². The first kappa shape index (κ1) is 16.3. The van der Waals surface area contributed by atoms with Crippen molar-refractivity contribution in [2.24, 2.45) is 0 Å². The Hall–Kier alpha value is -1.57. The van der Waals surface area contributed by atoms with Gasteiger partial charge in [0.05, 0.1) is 12.7 Å². The molecule has 2 bridgehead atoms. The monoisotopic (exact) mass is 313 g/mol. The van der Waals surface area contributed by atoms with E-state index in [1.807, 2.05) is 0 Å². The minimum Gasteiger partial charge on any atom is -0.493 e. The van der Waals surface area contributed by atoms with Crippen molar-refractivity contribution in [1.82, 2.24) is 9.80 Å². The van der Waals surface area contributed by atoms with Crippen LogP contribution in [0, 0.1) is 25.2 Å². The van der Waals surface area contributed by atoms with E-state index in [0.717, 1.165) is 30.8 Å². The van der Waals surface area contributed by atoms with Crippen LogP contribution in [0.2, 0.25) is 0 Å². The minimum atomic E-state index is 0.558. The summed E-state index contributed by atoms with van der Waals surface area (Å²) in [5.74, 6) is 0.965. The van der Waals surface area contributed by atoms with Crippen molar-refractivity contribution in [3.63, 3.8) is 0 Å². The maximum atomic E-state index is 8.58. The molecule has 4 heteroatoms. The predicted molar refractivity (Wildman–Crippen MR) is 91.5 cm³/mol. The minimum absolute atomic E-state index is 0.558. The summed E-state index contributed by atoms with van der Waals surface area (Å²) in [6.07, 6.45) is 2.68. The fraction of sp³-hybridized carbons (Fsp3) is 0.632. The van der Waals surface area contributed by atoms with Gasteiger partial charge in [0, 0.05) is 38.1 Å². The number of nitriles is 1. The summed E-state index contributed by atoms with van der Waals surface area (Å²) in [6, 6.07) is 7.96. The highest BCUT2D eigenvalue weighted by Crippen LogP contribution is 2.32.